The third-order valence-corrected chi connectivity index (χ3v) is 4.08. The Morgan fingerprint density at radius 3 is 2.95 bits per heavy atom. The number of nitrogens with zero attached hydrogens (tertiary/aromatic N) is 2. The monoisotopic (exact) mass is 286 g/mol. The Morgan fingerprint density at radius 2 is 2.19 bits per heavy atom. The number of aliphatic hydroxyl groups excluding tert-OH is 1. The van der Waals surface area contributed by atoms with Crippen LogP contribution < -0.4 is 4.74 Å². The van der Waals surface area contributed by atoms with Crippen LogP contribution in [0.4, 0.5) is 0 Å². The third-order valence-electron chi connectivity index (χ3n) is 4.08. The smallest absolute Gasteiger partial charge is 0.122 e. The van der Waals surface area contributed by atoms with Crippen LogP contribution in [0.25, 0.3) is 0 Å². The summed E-state index contributed by atoms with van der Waals surface area (Å²) in [5, 5.41) is 15.1. The standard InChI is InChI=1S/C17H22N2O2/c1-3-14-10-15(19(4-2)18-14)11-16(20)12-5-6-17-13(9-12)7-8-21-17/h5-6,9-10,16,20H,3-4,7-8,11H2,1-2H3. The summed E-state index contributed by atoms with van der Waals surface area (Å²) in [4.78, 5) is 0. The highest BCUT2D eigenvalue weighted by molar-refractivity contribution is 5.40. The van der Waals surface area contributed by atoms with Gasteiger partial charge in [-0.05, 0) is 42.7 Å². The lowest BCUT2D eigenvalue weighted by molar-refractivity contribution is 0.175. The molecule has 3 rings (SSSR count). The molecule has 0 radical (unpaired) electrons. The first-order valence-corrected chi connectivity index (χ1v) is 7.70. The van der Waals surface area contributed by atoms with E-state index in [2.05, 4.69) is 31.1 Å². The predicted octanol–water partition coefficient (Wildman–Crippen LogP) is 2.68. The van der Waals surface area contributed by atoms with Crippen LogP contribution in [0.3, 0.4) is 0 Å². The summed E-state index contributed by atoms with van der Waals surface area (Å²) >= 11 is 0. The van der Waals surface area contributed by atoms with Gasteiger partial charge in [-0.2, -0.15) is 5.10 Å². The first kappa shape index (κ1) is 14.1. The van der Waals surface area contributed by atoms with Crippen LogP contribution in [-0.2, 0) is 25.8 Å². The normalized spacial score (nSPS) is 14.8. The molecule has 4 heteroatoms. The third kappa shape index (κ3) is 2.81. The van der Waals surface area contributed by atoms with E-state index in [-0.39, 0.29) is 0 Å². The van der Waals surface area contributed by atoms with Crippen molar-refractivity contribution in [1.29, 1.82) is 0 Å². The van der Waals surface area contributed by atoms with Crippen molar-refractivity contribution in [2.45, 2.75) is 45.8 Å². The summed E-state index contributed by atoms with van der Waals surface area (Å²) in [6.07, 6.45) is 1.96. The summed E-state index contributed by atoms with van der Waals surface area (Å²) in [6.45, 7) is 5.76. The average molecular weight is 286 g/mol. The van der Waals surface area contributed by atoms with Crippen molar-refractivity contribution in [2.75, 3.05) is 6.61 Å². The van der Waals surface area contributed by atoms with Crippen molar-refractivity contribution in [3.63, 3.8) is 0 Å². The van der Waals surface area contributed by atoms with Gasteiger partial charge in [0.05, 0.1) is 18.4 Å². The van der Waals surface area contributed by atoms with Crippen LogP contribution >= 0.6 is 0 Å². The Balaban J connectivity index is 1.79. The molecular weight excluding hydrogens is 264 g/mol. The maximum Gasteiger partial charge on any atom is 0.122 e. The molecular formula is C17H22N2O2. The number of rotatable bonds is 5. The number of aromatic nitrogens is 2. The van der Waals surface area contributed by atoms with E-state index in [1.807, 2.05) is 16.8 Å². The Hall–Kier alpha value is -1.81. The fraction of sp³-hybridized carbons (Fsp3) is 0.471. The van der Waals surface area contributed by atoms with Gasteiger partial charge in [0, 0.05) is 25.1 Å². The minimum Gasteiger partial charge on any atom is -0.493 e. The van der Waals surface area contributed by atoms with Crippen molar-refractivity contribution < 1.29 is 9.84 Å². The molecule has 0 amide bonds. The van der Waals surface area contributed by atoms with E-state index in [4.69, 9.17) is 4.74 Å². The molecule has 0 bridgehead atoms. The molecule has 0 saturated heterocycles. The SMILES string of the molecule is CCc1cc(CC(O)c2ccc3c(c2)CCO3)n(CC)n1. The zero-order valence-electron chi connectivity index (χ0n) is 12.7. The molecule has 1 aliphatic rings. The van der Waals surface area contributed by atoms with Crippen LogP contribution in [-0.4, -0.2) is 21.5 Å². The fourth-order valence-corrected chi connectivity index (χ4v) is 2.86. The van der Waals surface area contributed by atoms with E-state index in [1.165, 1.54) is 5.56 Å². The minimum absolute atomic E-state index is 0.498. The van der Waals surface area contributed by atoms with Gasteiger partial charge in [-0.25, -0.2) is 0 Å². The Bertz CT molecular complexity index is 634. The van der Waals surface area contributed by atoms with Crippen molar-refractivity contribution in [3.8, 4) is 5.75 Å². The zero-order valence-corrected chi connectivity index (χ0v) is 12.7. The highest BCUT2D eigenvalue weighted by Gasteiger charge is 2.17. The minimum atomic E-state index is -0.498. The molecule has 21 heavy (non-hydrogen) atoms. The molecule has 1 aliphatic heterocycles. The van der Waals surface area contributed by atoms with Crippen LogP contribution in [0.2, 0.25) is 0 Å². The van der Waals surface area contributed by atoms with Crippen molar-refractivity contribution in [2.24, 2.45) is 0 Å². The van der Waals surface area contributed by atoms with Gasteiger partial charge in [-0.1, -0.05) is 13.0 Å². The molecule has 2 aromatic rings. The largest absolute Gasteiger partial charge is 0.493 e. The number of hydrogen-bond donors (Lipinski definition) is 1. The summed E-state index contributed by atoms with van der Waals surface area (Å²) in [7, 11) is 0. The van der Waals surface area contributed by atoms with Crippen molar-refractivity contribution in [3.05, 3.63) is 46.8 Å². The fourth-order valence-electron chi connectivity index (χ4n) is 2.86. The van der Waals surface area contributed by atoms with E-state index in [0.717, 1.165) is 48.7 Å². The van der Waals surface area contributed by atoms with E-state index < -0.39 is 6.10 Å². The summed E-state index contributed by atoms with van der Waals surface area (Å²) in [6, 6.07) is 8.10. The van der Waals surface area contributed by atoms with Gasteiger partial charge >= 0.3 is 0 Å². The topological polar surface area (TPSA) is 47.3 Å². The van der Waals surface area contributed by atoms with E-state index in [9.17, 15) is 5.11 Å². The second-order valence-electron chi connectivity index (χ2n) is 5.48. The molecule has 1 atom stereocenters. The Morgan fingerprint density at radius 1 is 1.33 bits per heavy atom. The number of benzene rings is 1. The molecule has 0 spiro atoms. The molecule has 0 fully saturated rings. The number of hydrogen-bond acceptors (Lipinski definition) is 3. The van der Waals surface area contributed by atoms with E-state index in [0.29, 0.717) is 6.42 Å². The number of fused-ring (bicyclic) bond motifs is 1. The van der Waals surface area contributed by atoms with Gasteiger partial charge in [-0.3, -0.25) is 4.68 Å². The highest BCUT2D eigenvalue weighted by atomic mass is 16.5. The molecule has 4 nitrogen and oxygen atoms in total. The number of aryl methyl sites for hydroxylation is 2. The molecule has 1 aromatic carbocycles. The summed E-state index contributed by atoms with van der Waals surface area (Å²) < 4.78 is 7.49. The lowest BCUT2D eigenvalue weighted by Gasteiger charge is -2.13. The average Bonchev–Trinajstić information content (AvgIpc) is 3.12. The van der Waals surface area contributed by atoms with Crippen LogP contribution in [0.15, 0.2) is 24.3 Å². The maximum absolute atomic E-state index is 10.5. The Kier molecular flexibility index (Phi) is 3.97. The highest BCUT2D eigenvalue weighted by Crippen LogP contribution is 2.29. The molecule has 0 saturated carbocycles. The van der Waals surface area contributed by atoms with Gasteiger partial charge < -0.3 is 9.84 Å². The number of ether oxygens (including phenoxy) is 1. The van der Waals surface area contributed by atoms with Crippen molar-refractivity contribution >= 4 is 0 Å². The van der Waals surface area contributed by atoms with Gasteiger partial charge in [0.1, 0.15) is 5.75 Å². The quantitative estimate of drug-likeness (QED) is 0.919. The molecule has 1 unspecified atom stereocenters. The molecule has 1 aromatic heterocycles. The van der Waals surface area contributed by atoms with Gasteiger partial charge in [0.15, 0.2) is 0 Å². The van der Waals surface area contributed by atoms with Gasteiger partial charge in [-0.15, -0.1) is 0 Å². The van der Waals surface area contributed by atoms with E-state index >= 15 is 0 Å². The first-order chi connectivity index (χ1) is 10.2. The van der Waals surface area contributed by atoms with E-state index in [1.54, 1.807) is 0 Å². The van der Waals surface area contributed by atoms with Crippen molar-refractivity contribution in [1.82, 2.24) is 9.78 Å². The first-order valence-electron chi connectivity index (χ1n) is 7.70. The van der Waals surface area contributed by atoms with Gasteiger partial charge in [0.2, 0.25) is 0 Å². The lowest BCUT2D eigenvalue weighted by atomic mass is 10.0. The summed E-state index contributed by atoms with van der Waals surface area (Å²) in [5.74, 6) is 0.956. The zero-order chi connectivity index (χ0) is 14.8. The maximum atomic E-state index is 10.5. The predicted molar refractivity (Wildman–Crippen MR) is 81.6 cm³/mol. The lowest BCUT2D eigenvalue weighted by Crippen LogP contribution is -2.08. The molecule has 0 aliphatic carbocycles. The molecule has 2 heterocycles. The second kappa shape index (κ2) is 5.90. The molecule has 1 N–H and O–H groups in total. The Labute approximate surface area is 125 Å². The van der Waals surface area contributed by atoms with Crippen LogP contribution in [0.5, 0.6) is 5.75 Å². The van der Waals surface area contributed by atoms with Crippen LogP contribution in [0.1, 0.15) is 42.5 Å². The number of aliphatic hydroxyl groups is 1. The second-order valence-corrected chi connectivity index (χ2v) is 5.48. The molecule has 112 valence electrons. The van der Waals surface area contributed by atoms with Crippen LogP contribution in [0, 0.1) is 0 Å². The van der Waals surface area contributed by atoms with Gasteiger partial charge in [0.25, 0.3) is 0 Å². The summed E-state index contributed by atoms with van der Waals surface area (Å²) in [5.41, 5.74) is 4.34.